The van der Waals surface area contributed by atoms with Gasteiger partial charge in [0.25, 0.3) is 0 Å². The molecule has 5 rings (SSSR count). The number of carbonyl (C=O) groups excluding carboxylic acids is 3. The summed E-state index contributed by atoms with van der Waals surface area (Å²) in [4.78, 5) is 51.2. The number of nitrogens with zero attached hydrogens (tertiary/aromatic N) is 4. The molecule has 10 heteroatoms. The first kappa shape index (κ1) is 31.8. The Morgan fingerprint density at radius 1 is 1.12 bits per heavy atom. The molecule has 4 heterocycles. The second-order valence-electron chi connectivity index (χ2n) is 12.0. The largest absolute Gasteiger partial charge is 0.394 e. The lowest BCUT2D eigenvalue weighted by molar-refractivity contribution is -0.147. The van der Waals surface area contributed by atoms with Gasteiger partial charge in [-0.3, -0.25) is 19.3 Å². The van der Waals surface area contributed by atoms with Crippen LogP contribution in [0.3, 0.4) is 0 Å². The molecule has 2 unspecified atom stereocenters. The van der Waals surface area contributed by atoms with Gasteiger partial charge in [0.15, 0.2) is 0 Å². The molecule has 43 heavy (non-hydrogen) atoms. The van der Waals surface area contributed by atoms with Crippen LogP contribution in [0.5, 0.6) is 0 Å². The second kappa shape index (κ2) is 14.0. The minimum atomic E-state index is -0.793. The van der Waals surface area contributed by atoms with Crippen molar-refractivity contribution in [2.75, 3.05) is 65.6 Å². The van der Waals surface area contributed by atoms with Gasteiger partial charge in [-0.25, -0.2) is 0 Å². The number of benzene rings is 1. The van der Waals surface area contributed by atoms with E-state index in [9.17, 15) is 19.5 Å². The van der Waals surface area contributed by atoms with Crippen molar-refractivity contribution in [3.8, 4) is 0 Å². The zero-order valence-electron chi connectivity index (χ0n) is 25.3. The van der Waals surface area contributed by atoms with Gasteiger partial charge in [0.1, 0.15) is 6.04 Å². The summed E-state index contributed by atoms with van der Waals surface area (Å²) in [5, 5.41) is 10.7. The highest BCUT2D eigenvalue weighted by molar-refractivity contribution is 8.02. The first-order valence-corrected chi connectivity index (χ1v) is 16.5. The summed E-state index contributed by atoms with van der Waals surface area (Å²) in [6, 6.07) is 7.95. The van der Waals surface area contributed by atoms with E-state index in [1.807, 2.05) is 47.1 Å². The zero-order valence-corrected chi connectivity index (χ0v) is 26.1. The molecular weight excluding hydrogens is 564 g/mol. The number of hydrogen-bond acceptors (Lipinski definition) is 7. The quantitative estimate of drug-likeness (QED) is 0.324. The van der Waals surface area contributed by atoms with E-state index in [0.717, 1.165) is 31.5 Å². The van der Waals surface area contributed by atoms with E-state index in [1.165, 1.54) is 0 Å². The Morgan fingerprint density at radius 2 is 1.79 bits per heavy atom. The number of aliphatic hydroxyl groups is 1. The molecule has 4 aliphatic rings. The number of hydrogen-bond donors (Lipinski definition) is 1. The Labute approximate surface area is 259 Å². The van der Waals surface area contributed by atoms with Crippen LogP contribution in [0, 0.1) is 11.8 Å². The number of ether oxygens (including phenoxy) is 1. The third kappa shape index (κ3) is 5.91. The number of likely N-dealkylation sites (tertiary alicyclic amines) is 1. The minimum Gasteiger partial charge on any atom is -0.394 e. The fraction of sp³-hybridized carbons (Fsp3) is 0.606. The molecule has 234 valence electrons. The van der Waals surface area contributed by atoms with Gasteiger partial charge < -0.3 is 24.5 Å². The van der Waals surface area contributed by atoms with Crippen LogP contribution in [-0.4, -0.2) is 124 Å². The van der Waals surface area contributed by atoms with Crippen molar-refractivity contribution < 1.29 is 24.2 Å². The van der Waals surface area contributed by atoms with Crippen LogP contribution in [0.15, 0.2) is 55.6 Å². The smallest absolute Gasteiger partial charge is 0.247 e. The molecule has 0 radical (unpaired) electrons. The number of rotatable bonds is 14. The van der Waals surface area contributed by atoms with Crippen molar-refractivity contribution in [3.63, 3.8) is 0 Å². The Kier molecular flexibility index (Phi) is 10.3. The molecule has 4 aliphatic heterocycles. The van der Waals surface area contributed by atoms with E-state index in [1.54, 1.807) is 28.8 Å². The molecule has 1 aromatic carbocycles. The summed E-state index contributed by atoms with van der Waals surface area (Å²) < 4.78 is 4.77. The summed E-state index contributed by atoms with van der Waals surface area (Å²) in [6.45, 7) is 15.1. The van der Waals surface area contributed by atoms with Gasteiger partial charge in [0, 0.05) is 51.1 Å². The maximum Gasteiger partial charge on any atom is 0.247 e. The number of aliphatic hydroxyl groups excluding tert-OH is 1. The number of fused-ring (bicyclic) bond motifs is 1. The van der Waals surface area contributed by atoms with Crippen LogP contribution in [-0.2, 0) is 19.1 Å². The number of amides is 3. The monoisotopic (exact) mass is 610 g/mol. The highest BCUT2D eigenvalue weighted by Crippen LogP contribution is 2.67. The molecule has 1 spiro atoms. The highest BCUT2D eigenvalue weighted by atomic mass is 32.2. The van der Waals surface area contributed by atoms with E-state index in [0.29, 0.717) is 52.4 Å². The Hall–Kier alpha value is -2.66. The summed E-state index contributed by atoms with van der Waals surface area (Å²) in [6.07, 6.45) is 5.74. The van der Waals surface area contributed by atoms with E-state index < -0.39 is 28.7 Å². The van der Waals surface area contributed by atoms with Crippen molar-refractivity contribution in [1.29, 1.82) is 0 Å². The fourth-order valence-electron chi connectivity index (χ4n) is 7.65. The minimum absolute atomic E-state index is 0.0198. The first-order chi connectivity index (χ1) is 20.9. The van der Waals surface area contributed by atoms with Gasteiger partial charge in [-0.1, -0.05) is 49.4 Å². The molecule has 4 saturated heterocycles. The number of morpholine rings is 1. The van der Waals surface area contributed by atoms with Crippen molar-refractivity contribution in [2.24, 2.45) is 11.8 Å². The Balaban J connectivity index is 1.53. The van der Waals surface area contributed by atoms with Crippen LogP contribution < -0.4 is 0 Å². The molecule has 4 fully saturated rings. The third-order valence-electron chi connectivity index (χ3n) is 9.56. The van der Waals surface area contributed by atoms with Gasteiger partial charge >= 0.3 is 0 Å². The molecule has 1 N–H and O–H groups in total. The molecule has 1 aromatic rings. The average molecular weight is 611 g/mol. The van der Waals surface area contributed by atoms with E-state index >= 15 is 0 Å². The predicted octanol–water partition coefficient (Wildman–Crippen LogP) is 2.58. The van der Waals surface area contributed by atoms with Crippen molar-refractivity contribution in [3.05, 3.63) is 61.2 Å². The van der Waals surface area contributed by atoms with Crippen LogP contribution in [0.2, 0.25) is 0 Å². The first-order valence-electron chi connectivity index (χ1n) is 15.7. The molecule has 0 saturated carbocycles. The molecular formula is C33H46N4O5S. The van der Waals surface area contributed by atoms with Gasteiger partial charge in [0.05, 0.1) is 42.4 Å². The maximum atomic E-state index is 14.8. The van der Waals surface area contributed by atoms with E-state index in [4.69, 9.17) is 4.74 Å². The lowest BCUT2D eigenvalue weighted by Crippen LogP contribution is -2.56. The van der Waals surface area contributed by atoms with Crippen LogP contribution >= 0.6 is 11.8 Å². The van der Waals surface area contributed by atoms with Crippen molar-refractivity contribution in [1.82, 2.24) is 19.6 Å². The van der Waals surface area contributed by atoms with Gasteiger partial charge in [-0.15, -0.1) is 24.9 Å². The number of thioether (sulfide) groups is 1. The standard InChI is InChI=1S/C33H46N4O5S/c1-4-14-35(15-5-2)30(39)27-26-12-13-33(43-26)28(27)31(40)37(25(23-38)24-10-8-7-9-11-24)29(33)32(41)36(16-6-3)18-17-34-19-21-42-22-20-34/h4,6-11,25-29,38H,1,3,5,12-23H2,2H3/t25-,26+,27-,28+,29?,33?/m1/s1. The van der Waals surface area contributed by atoms with Gasteiger partial charge in [-0.2, -0.15) is 0 Å². The van der Waals surface area contributed by atoms with E-state index in [-0.39, 0.29) is 29.6 Å². The second-order valence-corrected chi connectivity index (χ2v) is 13.6. The zero-order chi connectivity index (χ0) is 30.6. The highest BCUT2D eigenvalue weighted by Gasteiger charge is 2.74. The molecule has 2 bridgehead atoms. The summed E-state index contributed by atoms with van der Waals surface area (Å²) >= 11 is 1.67. The van der Waals surface area contributed by atoms with Crippen LogP contribution in [0.4, 0.5) is 0 Å². The van der Waals surface area contributed by atoms with Crippen molar-refractivity contribution >= 4 is 29.5 Å². The summed E-state index contributed by atoms with van der Waals surface area (Å²) in [5.41, 5.74) is 0.776. The van der Waals surface area contributed by atoms with Crippen molar-refractivity contribution in [2.45, 2.75) is 48.3 Å². The topological polar surface area (TPSA) is 93.6 Å². The Bertz CT molecular complexity index is 1180. The van der Waals surface area contributed by atoms with Gasteiger partial charge in [0.2, 0.25) is 17.7 Å². The van der Waals surface area contributed by atoms with Gasteiger partial charge in [-0.05, 0) is 24.8 Å². The van der Waals surface area contributed by atoms with Crippen LogP contribution in [0.1, 0.15) is 37.8 Å². The number of carbonyl (C=O) groups is 3. The molecule has 9 nitrogen and oxygen atoms in total. The Morgan fingerprint density at radius 3 is 2.42 bits per heavy atom. The van der Waals surface area contributed by atoms with Crippen LogP contribution in [0.25, 0.3) is 0 Å². The molecule has 6 atom stereocenters. The lowest BCUT2D eigenvalue weighted by atomic mass is 9.70. The molecule has 0 aromatic heterocycles. The van der Waals surface area contributed by atoms with E-state index in [2.05, 4.69) is 18.1 Å². The SMILES string of the molecule is C=CCN(CCN1CCOCC1)C(=O)C1N([C@H](CO)c2ccccc2)C(=O)[C@@H]2[C@H](C(=O)N(CC=C)CCC)[C@@H]3CCC12S3. The third-order valence-corrected chi connectivity index (χ3v) is 11.5. The normalized spacial score (nSPS) is 28.9. The maximum absolute atomic E-state index is 14.8. The summed E-state index contributed by atoms with van der Waals surface area (Å²) in [5.74, 6) is -1.48. The lowest BCUT2D eigenvalue weighted by Gasteiger charge is -2.40. The summed E-state index contributed by atoms with van der Waals surface area (Å²) in [7, 11) is 0. The predicted molar refractivity (Wildman–Crippen MR) is 168 cm³/mol. The molecule has 3 amide bonds. The fourth-order valence-corrected chi connectivity index (χ4v) is 9.84. The molecule has 0 aliphatic carbocycles. The average Bonchev–Trinajstić information content (AvgIpc) is 3.67.